The summed E-state index contributed by atoms with van der Waals surface area (Å²) < 4.78 is 3.69. The van der Waals surface area contributed by atoms with Crippen molar-refractivity contribution >= 4 is 22.6 Å². The monoisotopic (exact) mass is 337 g/mol. The summed E-state index contributed by atoms with van der Waals surface area (Å²) in [6, 6.07) is 9.95. The zero-order chi connectivity index (χ0) is 17.4. The number of aromatic nitrogens is 5. The molecule has 0 aliphatic rings. The Labute approximate surface area is 143 Å². The van der Waals surface area contributed by atoms with Gasteiger partial charge in [0.25, 0.3) is 0 Å². The van der Waals surface area contributed by atoms with E-state index in [0.29, 0.717) is 30.1 Å². The molecule has 0 spiro atoms. The van der Waals surface area contributed by atoms with Gasteiger partial charge in [0, 0.05) is 31.8 Å². The summed E-state index contributed by atoms with van der Waals surface area (Å²) in [7, 11) is 1.92. The van der Waals surface area contributed by atoms with Crippen molar-refractivity contribution in [1.29, 1.82) is 0 Å². The number of benzene rings is 1. The van der Waals surface area contributed by atoms with Gasteiger partial charge in [0.2, 0.25) is 0 Å². The summed E-state index contributed by atoms with van der Waals surface area (Å²) in [5.41, 5.74) is 10.9. The van der Waals surface area contributed by atoms with Crippen LogP contribution < -0.4 is 11.1 Å². The molecule has 3 heterocycles. The highest BCUT2D eigenvalue weighted by atomic mass is 16.3. The van der Waals surface area contributed by atoms with E-state index in [1.165, 1.54) is 0 Å². The van der Waals surface area contributed by atoms with Gasteiger partial charge >= 0.3 is 0 Å². The van der Waals surface area contributed by atoms with E-state index >= 15 is 0 Å². The molecule has 0 fully saturated rings. The van der Waals surface area contributed by atoms with Crippen molar-refractivity contribution in [3.63, 3.8) is 0 Å². The van der Waals surface area contributed by atoms with E-state index in [1.54, 1.807) is 10.8 Å². The van der Waals surface area contributed by atoms with Crippen LogP contribution in [0.25, 0.3) is 28.1 Å². The minimum Gasteiger partial charge on any atom is -0.395 e. The van der Waals surface area contributed by atoms with Crippen LogP contribution in [0, 0.1) is 0 Å². The second-order valence-corrected chi connectivity index (χ2v) is 5.84. The SMILES string of the molecule is Cn1cnc2c(NCCO)nc3cc(-c4cccc(CN)c4)nn3c21. The average Bonchev–Trinajstić information content (AvgIpc) is 3.23. The summed E-state index contributed by atoms with van der Waals surface area (Å²) in [5, 5.41) is 16.9. The molecule has 25 heavy (non-hydrogen) atoms. The Bertz CT molecular complexity index is 1050. The third-order valence-corrected chi connectivity index (χ3v) is 4.11. The molecular weight excluding hydrogens is 318 g/mol. The molecule has 1 aromatic carbocycles. The zero-order valence-electron chi connectivity index (χ0n) is 13.8. The molecule has 0 atom stereocenters. The first-order valence-corrected chi connectivity index (χ1v) is 8.06. The molecule has 4 aromatic rings. The quantitative estimate of drug-likeness (QED) is 0.504. The first-order chi connectivity index (χ1) is 12.2. The van der Waals surface area contributed by atoms with Gasteiger partial charge in [-0.1, -0.05) is 18.2 Å². The summed E-state index contributed by atoms with van der Waals surface area (Å²) in [4.78, 5) is 9.03. The molecule has 0 amide bonds. The van der Waals surface area contributed by atoms with Crippen LogP contribution in [0.2, 0.25) is 0 Å². The Morgan fingerprint density at radius 3 is 2.96 bits per heavy atom. The number of hydrogen-bond acceptors (Lipinski definition) is 6. The van der Waals surface area contributed by atoms with Gasteiger partial charge in [-0.25, -0.2) is 9.97 Å². The van der Waals surface area contributed by atoms with Crippen LogP contribution in [-0.2, 0) is 13.6 Å². The van der Waals surface area contributed by atoms with Gasteiger partial charge in [0.1, 0.15) is 0 Å². The lowest BCUT2D eigenvalue weighted by molar-refractivity contribution is 0.311. The third-order valence-electron chi connectivity index (χ3n) is 4.11. The fourth-order valence-corrected chi connectivity index (χ4v) is 2.91. The minimum absolute atomic E-state index is 0.0254. The molecule has 4 N–H and O–H groups in total. The van der Waals surface area contributed by atoms with Gasteiger partial charge in [0.05, 0.1) is 18.6 Å². The van der Waals surface area contributed by atoms with E-state index in [1.807, 2.05) is 41.9 Å². The largest absolute Gasteiger partial charge is 0.395 e. The molecule has 0 bridgehead atoms. The molecule has 8 heteroatoms. The number of hydrogen-bond donors (Lipinski definition) is 3. The molecule has 0 unspecified atom stereocenters. The average molecular weight is 337 g/mol. The maximum atomic E-state index is 9.08. The number of nitrogens with two attached hydrogens (primary N) is 1. The summed E-state index contributed by atoms with van der Waals surface area (Å²) >= 11 is 0. The van der Waals surface area contributed by atoms with Crippen molar-refractivity contribution in [1.82, 2.24) is 24.1 Å². The molecule has 3 aromatic heterocycles. The second-order valence-electron chi connectivity index (χ2n) is 5.84. The third kappa shape index (κ3) is 2.61. The Morgan fingerprint density at radius 1 is 1.28 bits per heavy atom. The van der Waals surface area contributed by atoms with Crippen LogP contribution in [0.3, 0.4) is 0 Å². The van der Waals surface area contributed by atoms with Crippen molar-refractivity contribution in [2.45, 2.75) is 6.54 Å². The lowest BCUT2D eigenvalue weighted by Crippen LogP contribution is -2.09. The maximum Gasteiger partial charge on any atom is 0.167 e. The molecular formula is C17H19N7O. The number of aryl methyl sites for hydroxylation is 1. The molecule has 0 saturated heterocycles. The highest BCUT2D eigenvalue weighted by molar-refractivity contribution is 5.86. The van der Waals surface area contributed by atoms with Crippen LogP contribution in [0.5, 0.6) is 0 Å². The van der Waals surface area contributed by atoms with E-state index in [4.69, 9.17) is 15.9 Å². The summed E-state index contributed by atoms with van der Waals surface area (Å²) in [6.07, 6.45) is 1.73. The Hall–Kier alpha value is -2.97. The van der Waals surface area contributed by atoms with Crippen LogP contribution >= 0.6 is 0 Å². The number of nitrogens with zero attached hydrogens (tertiary/aromatic N) is 5. The number of aliphatic hydroxyl groups is 1. The number of anilines is 1. The molecule has 8 nitrogen and oxygen atoms in total. The van der Waals surface area contributed by atoms with Crippen LogP contribution in [0.4, 0.5) is 5.82 Å². The van der Waals surface area contributed by atoms with E-state index in [-0.39, 0.29) is 6.61 Å². The number of rotatable bonds is 5. The molecule has 0 saturated carbocycles. The molecule has 0 radical (unpaired) electrons. The van der Waals surface area contributed by atoms with Gasteiger partial charge in [-0.2, -0.15) is 9.61 Å². The Morgan fingerprint density at radius 2 is 2.16 bits per heavy atom. The number of nitrogens with one attached hydrogen (secondary N) is 1. The molecule has 4 rings (SSSR count). The number of aliphatic hydroxyl groups excluding tert-OH is 1. The topological polar surface area (TPSA) is 106 Å². The van der Waals surface area contributed by atoms with Crippen molar-refractivity contribution < 1.29 is 5.11 Å². The van der Waals surface area contributed by atoms with Crippen molar-refractivity contribution in [3.05, 3.63) is 42.2 Å². The van der Waals surface area contributed by atoms with Gasteiger partial charge in [-0.3, -0.25) is 0 Å². The second kappa shape index (κ2) is 6.15. The van der Waals surface area contributed by atoms with Gasteiger partial charge < -0.3 is 20.7 Å². The first kappa shape index (κ1) is 15.6. The zero-order valence-corrected chi connectivity index (χ0v) is 13.8. The first-order valence-electron chi connectivity index (χ1n) is 8.06. The minimum atomic E-state index is 0.0254. The fourth-order valence-electron chi connectivity index (χ4n) is 2.91. The van der Waals surface area contributed by atoms with Crippen LogP contribution in [0.1, 0.15) is 5.56 Å². The molecule has 128 valence electrons. The highest BCUT2D eigenvalue weighted by Crippen LogP contribution is 2.25. The highest BCUT2D eigenvalue weighted by Gasteiger charge is 2.15. The van der Waals surface area contributed by atoms with Crippen molar-refractivity contribution in [2.75, 3.05) is 18.5 Å². The predicted octanol–water partition coefficient (Wildman–Crippen LogP) is 1.15. The van der Waals surface area contributed by atoms with Gasteiger partial charge in [-0.15, -0.1) is 0 Å². The van der Waals surface area contributed by atoms with Gasteiger partial charge in [-0.05, 0) is 11.6 Å². The van der Waals surface area contributed by atoms with Crippen LogP contribution in [-0.4, -0.2) is 42.4 Å². The lowest BCUT2D eigenvalue weighted by Gasteiger charge is -2.06. The van der Waals surface area contributed by atoms with E-state index in [9.17, 15) is 0 Å². The normalized spacial score (nSPS) is 11.5. The smallest absolute Gasteiger partial charge is 0.167 e. The fraction of sp³-hybridized carbons (Fsp3) is 0.235. The van der Waals surface area contributed by atoms with E-state index in [2.05, 4.69) is 15.3 Å². The van der Waals surface area contributed by atoms with E-state index in [0.717, 1.165) is 22.5 Å². The lowest BCUT2D eigenvalue weighted by atomic mass is 10.1. The Balaban J connectivity index is 1.92. The van der Waals surface area contributed by atoms with Crippen molar-refractivity contribution in [3.8, 4) is 11.3 Å². The maximum absolute atomic E-state index is 9.08. The number of fused-ring (bicyclic) bond motifs is 3. The van der Waals surface area contributed by atoms with Crippen LogP contribution in [0.15, 0.2) is 36.7 Å². The predicted molar refractivity (Wildman–Crippen MR) is 96.2 cm³/mol. The Kier molecular flexibility index (Phi) is 3.83. The summed E-state index contributed by atoms with van der Waals surface area (Å²) in [6.45, 7) is 0.923. The number of imidazole rings is 1. The molecule has 0 aliphatic heterocycles. The molecule has 0 aliphatic carbocycles. The van der Waals surface area contributed by atoms with E-state index < -0.39 is 0 Å². The summed E-state index contributed by atoms with van der Waals surface area (Å²) in [5.74, 6) is 0.638. The standard InChI is InChI=1S/C17H19N7O/c1-23-10-20-15-16(19-5-6-25)21-14-8-13(22-24(14)17(15)23)12-4-2-3-11(7-12)9-18/h2-4,7-8,10,25H,5-6,9,18H2,1H3,(H,19,21). The van der Waals surface area contributed by atoms with Crippen molar-refractivity contribution in [2.24, 2.45) is 12.8 Å². The van der Waals surface area contributed by atoms with Gasteiger partial charge in [0.15, 0.2) is 22.6 Å².